The van der Waals surface area contributed by atoms with Gasteiger partial charge >= 0.3 is 0 Å². The molecule has 0 heterocycles. The first-order chi connectivity index (χ1) is 10.9. The Balaban J connectivity index is 2.07. The average Bonchev–Trinajstić information content (AvgIpc) is 2.78. The minimum atomic E-state index is 0.0605. The van der Waals surface area contributed by atoms with Crippen LogP contribution in [0, 0.1) is 29.1 Å². The van der Waals surface area contributed by atoms with E-state index in [1.807, 2.05) is 0 Å². The fourth-order valence-corrected chi connectivity index (χ4v) is 5.28. The molecule has 3 nitrogen and oxygen atoms in total. The number of rotatable bonds is 8. The van der Waals surface area contributed by atoms with E-state index in [0.717, 1.165) is 25.2 Å². The van der Waals surface area contributed by atoms with Gasteiger partial charge in [-0.15, -0.1) is 0 Å². The Morgan fingerprint density at radius 2 is 2.00 bits per heavy atom. The number of hydrogen-bond donors (Lipinski definition) is 0. The van der Waals surface area contributed by atoms with E-state index in [9.17, 15) is 4.79 Å². The molecule has 23 heavy (non-hydrogen) atoms. The van der Waals surface area contributed by atoms with Gasteiger partial charge < -0.3 is 9.47 Å². The van der Waals surface area contributed by atoms with E-state index >= 15 is 0 Å². The zero-order valence-corrected chi connectivity index (χ0v) is 15.8. The van der Waals surface area contributed by atoms with Crippen LogP contribution in [0.15, 0.2) is 0 Å². The Bertz CT molecular complexity index is 392. The van der Waals surface area contributed by atoms with Gasteiger partial charge in [-0.2, -0.15) is 0 Å². The maximum absolute atomic E-state index is 12.6. The lowest BCUT2D eigenvalue weighted by Gasteiger charge is -2.42. The molecule has 2 rings (SSSR count). The van der Waals surface area contributed by atoms with Crippen LogP contribution in [0.2, 0.25) is 0 Å². The molecule has 2 aliphatic carbocycles. The summed E-state index contributed by atoms with van der Waals surface area (Å²) in [5, 5.41) is 0. The van der Waals surface area contributed by atoms with Crippen LogP contribution in [0.3, 0.4) is 0 Å². The molecule has 0 aliphatic heterocycles. The van der Waals surface area contributed by atoms with Crippen molar-refractivity contribution in [2.45, 2.75) is 78.7 Å². The third-order valence-corrected chi connectivity index (χ3v) is 6.43. The third kappa shape index (κ3) is 4.17. The molecular weight excluding hydrogens is 288 g/mol. The van der Waals surface area contributed by atoms with Crippen LogP contribution in [0.25, 0.3) is 0 Å². The Hall–Kier alpha value is -0.410. The molecule has 0 saturated heterocycles. The van der Waals surface area contributed by atoms with E-state index in [2.05, 4.69) is 27.7 Å². The summed E-state index contributed by atoms with van der Waals surface area (Å²) >= 11 is 0. The summed E-state index contributed by atoms with van der Waals surface area (Å²) in [4.78, 5) is 12.6. The second-order valence-corrected chi connectivity index (χ2v) is 8.56. The van der Waals surface area contributed by atoms with Crippen LogP contribution in [0.4, 0.5) is 0 Å². The van der Waals surface area contributed by atoms with Crippen molar-refractivity contribution in [3.63, 3.8) is 0 Å². The molecule has 3 heteroatoms. The number of fused-ring (bicyclic) bond motifs is 1. The van der Waals surface area contributed by atoms with Crippen molar-refractivity contribution in [3.8, 4) is 0 Å². The van der Waals surface area contributed by atoms with Crippen molar-refractivity contribution < 1.29 is 14.3 Å². The summed E-state index contributed by atoms with van der Waals surface area (Å²) in [7, 11) is 1.66. The highest BCUT2D eigenvalue weighted by atomic mass is 16.7. The molecule has 0 bridgehead atoms. The van der Waals surface area contributed by atoms with E-state index in [0.29, 0.717) is 24.4 Å². The monoisotopic (exact) mass is 324 g/mol. The predicted octanol–water partition coefficient (Wildman–Crippen LogP) is 4.83. The first-order valence-corrected chi connectivity index (χ1v) is 9.53. The predicted molar refractivity (Wildman–Crippen MR) is 93.2 cm³/mol. The maximum Gasteiger partial charge on any atom is 0.146 e. The summed E-state index contributed by atoms with van der Waals surface area (Å²) in [6.45, 7) is 9.65. The van der Waals surface area contributed by atoms with Crippen molar-refractivity contribution in [1.29, 1.82) is 0 Å². The van der Waals surface area contributed by atoms with Gasteiger partial charge in [-0.05, 0) is 42.4 Å². The van der Waals surface area contributed by atoms with E-state index in [1.54, 1.807) is 7.11 Å². The Labute approximate surface area is 142 Å². The second-order valence-electron chi connectivity index (χ2n) is 8.56. The first kappa shape index (κ1) is 18.9. The van der Waals surface area contributed by atoms with Gasteiger partial charge in [0.2, 0.25) is 0 Å². The summed E-state index contributed by atoms with van der Waals surface area (Å²) in [5.74, 6) is 2.57. The Morgan fingerprint density at radius 1 is 1.26 bits per heavy atom. The minimum absolute atomic E-state index is 0.0605. The molecule has 0 amide bonds. The van der Waals surface area contributed by atoms with E-state index in [-0.39, 0.29) is 17.4 Å². The molecule has 2 aliphatic rings. The zero-order valence-electron chi connectivity index (χ0n) is 15.8. The van der Waals surface area contributed by atoms with E-state index in [4.69, 9.17) is 9.47 Å². The topological polar surface area (TPSA) is 35.5 Å². The SMILES string of the molecule is COCO[C@H]1C[C@H]([C@H](C)CCCC(C)C)[C@@]2(C)CCCC(=O)[C@H]12. The zero-order chi connectivity index (χ0) is 17.0. The standard InChI is InChI=1S/C20H36O3/c1-14(2)8-6-9-15(3)16-12-18(23-13-22-5)19-17(21)10-7-11-20(16,19)4/h14-16,18-19H,6-13H2,1-5H3/t15-,16-,18+,19-,20-/m1/s1. The summed E-state index contributed by atoms with van der Waals surface area (Å²) in [5.41, 5.74) is 0.130. The van der Waals surface area contributed by atoms with Gasteiger partial charge in [0, 0.05) is 19.4 Å². The normalized spacial score (nSPS) is 35.6. The molecule has 5 atom stereocenters. The molecule has 0 aromatic heterocycles. The molecule has 2 fully saturated rings. The maximum atomic E-state index is 12.6. The van der Waals surface area contributed by atoms with E-state index < -0.39 is 0 Å². The smallest absolute Gasteiger partial charge is 0.146 e. The van der Waals surface area contributed by atoms with Crippen molar-refractivity contribution in [2.75, 3.05) is 13.9 Å². The van der Waals surface area contributed by atoms with Crippen LogP contribution in [-0.4, -0.2) is 25.8 Å². The van der Waals surface area contributed by atoms with Gasteiger partial charge in [0.25, 0.3) is 0 Å². The number of ether oxygens (including phenoxy) is 2. The van der Waals surface area contributed by atoms with Gasteiger partial charge in [0.05, 0.1) is 6.10 Å². The number of hydrogen-bond acceptors (Lipinski definition) is 3. The lowest BCUT2D eigenvalue weighted by atomic mass is 9.61. The largest absolute Gasteiger partial charge is 0.359 e. The highest BCUT2D eigenvalue weighted by Gasteiger charge is 2.57. The van der Waals surface area contributed by atoms with Gasteiger partial charge in [-0.1, -0.05) is 47.0 Å². The van der Waals surface area contributed by atoms with Crippen LogP contribution in [0.1, 0.15) is 72.6 Å². The lowest BCUT2D eigenvalue weighted by molar-refractivity contribution is -0.141. The van der Waals surface area contributed by atoms with Crippen LogP contribution in [0.5, 0.6) is 0 Å². The van der Waals surface area contributed by atoms with Crippen molar-refractivity contribution in [2.24, 2.45) is 29.1 Å². The summed E-state index contributed by atoms with van der Waals surface area (Å²) in [6, 6.07) is 0. The summed E-state index contributed by atoms with van der Waals surface area (Å²) in [6.07, 6.45) is 7.93. The molecule has 0 spiro atoms. The molecule has 134 valence electrons. The lowest BCUT2D eigenvalue weighted by Crippen LogP contribution is -2.42. The van der Waals surface area contributed by atoms with Crippen LogP contribution < -0.4 is 0 Å². The molecular formula is C20H36O3. The Kier molecular flexibility index (Phi) is 6.67. The highest BCUT2D eigenvalue weighted by Crippen LogP contribution is 2.58. The van der Waals surface area contributed by atoms with Crippen molar-refractivity contribution in [3.05, 3.63) is 0 Å². The Morgan fingerprint density at radius 3 is 2.65 bits per heavy atom. The van der Waals surface area contributed by atoms with Crippen molar-refractivity contribution >= 4 is 5.78 Å². The summed E-state index contributed by atoms with van der Waals surface area (Å²) < 4.78 is 11.0. The minimum Gasteiger partial charge on any atom is -0.359 e. The molecule has 0 N–H and O–H groups in total. The number of carbonyl (C=O) groups excluding carboxylic acids is 1. The molecule has 0 unspecified atom stereocenters. The van der Waals surface area contributed by atoms with Gasteiger partial charge in [0.15, 0.2) is 0 Å². The molecule has 0 aromatic rings. The van der Waals surface area contributed by atoms with Crippen LogP contribution >= 0.6 is 0 Å². The fourth-order valence-electron chi connectivity index (χ4n) is 5.28. The van der Waals surface area contributed by atoms with Gasteiger partial charge in [-0.3, -0.25) is 4.79 Å². The first-order valence-electron chi connectivity index (χ1n) is 9.53. The van der Waals surface area contributed by atoms with Gasteiger partial charge in [0.1, 0.15) is 12.6 Å². The quantitative estimate of drug-likeness (QED) is 0.600. The van der Waals surface area contributed by atoms with E-state index in [1.165, 1.54) is 25.7 Å². The molecule has 0 aromatic carbocycles. The average molecular weight is 325 g/mol. The molecule has 2 saturated carbocycles. The number of methoxy groups -OCH3 is 1. The number of ketones is 1. The van der Waals surface area contributed by atoms with Gasteiger partial charge in [-0.25, -0.2) is 0 Å². The number of Topliss-reactive ketones (excluding diaryl/α,β-unsaturated/α-hetero) is 1. The molecule has 0 radical (unpaired) electrons. The number of carbonyl (C=O) groups is 1. The third-order valence-electron chi connectivity index (χ3n) is 6.43. The van der Waals surface area contributed by atoms with Crippen LogP contribution in [-0.2, 0) is 14.3 Å². The van der Waals surface area contributed by atoms with Crippen molar-refractivity contribution in [1.82, 2.24) is 0 Å². The fraction of sp³-hybridized carbons (Fsp3) is 0.950. The highest BCUT2D eigenvalue weighted by molar-refractivity contribution is 5.83. The second kappa shape index (κ2) is 8.11.